The van der Waals surface area contributed by atoms with Crippen molar-refractivity contribution in [3.8, 4) is 11.4 Å². The first-order valence-corrected chi connectivity index (χ1v) is 10.7. The summed E-state index contributed by atoms with van der Waals surface area (Å²) in [4.78, 5) is 26.0. The second-order valence-corrected chi connectivity index (χ2v) is 7.97. The van der Waals surface area contributed by atoms with Crippen LogP contribution in [0.15, 0.2) is 72.4 Å². The Morgan fingerprint density at radius 2 is 2.00 bits per heavy atom. The van der Waals surface area contributed by atoms with Crippen LogP contribution >= 0.6 is 11.3 Å². The number of amides is 1. The Hall–Kier alpha value is -4.24. The normalized spacial score (nSPS) is 10.9. The van der Waals surface area contributed by atoms with Crippen LogP contribution in [-0.4, -0.2) is 25.3 Å². The number of aromatic nitrogens is 4. The Morgan fingerprint density at radius 1 is 1.09 bits per heavy atom. The van der Waals surface area contributed by atoms with Crippen LogP contribution in [0.3, 0.4) is 0 Å². The standard InChI is InChI=1S/C23H19N7OS/c1-14-20(30-11-3-2-9-19(30)26-14)18-13-32-23(29-18)27-16-7-4-6-15(12-16)22(31)28-17-8-5-10-25-21(17)24/h2-13H,1H3,(H2,24,25)(H,27,29)(H,28,31). The van der Waals surface area contributed by atoms with E-state index in [-0.39, 0.29) is 11.7 Å². The van der Waals surface area contributed by atoms with Crippen LogP contribution in [0.25, 0.3) is 17.0 Å². The molecule has 4 heterocycles. The van der Waals surface area contributed by atoms with Gasteiger partial charge in [-0.05, 0) is 49.4 Å². The first-order valence-electron chi connectivity index (χ1n) is 9.87. The van der Waals surface area contributed by atoms with E-state index >= 15 is 0 Å². The average molecular weight is 442 g/mol. The van der Waals surface area contributed by atoms with Crippen LogP contribution in [0.2, 0.25) is 0 Å². The van der Waals surface area contributed by atoms with Gasteiger partial charge in [-0.15, -0.1) is 11.3 Å². The van der Waals surface area contributed by atoms with Gasteiger partial charge in [0.1, 0.15) is 17.2 Å². The first-order chi connectivity index (χ1) is 15.6. The number of pyridine rings is 2. The summed E-state index contributed by atoms with van der Waals surface area (Å²) in [5.74, 6) is 0.00247. The number of nitrogens with two attached hydrogens (primary N) is 1. The molecule has 5 rings (SSSR count). The number of fused-ring (bicyclic) bond motifs is 1. The predicted molar refractivity (Wildman–Crippen MR) is 127 cm³/mol. The highest BCUT2D eigenvalue weighted by atomic mass is 32.1. The summed E-state index contributed by atoms with van der Waals surface area (Å²) >= 11 is 1.49. The van der Waals surface area contributed by atoms with Crippen molar-refractivity contribution in [2.75, 3.05) is 16.4 Å². The number of anilines is 4. The number of hydrogen-bond donors (Lipinski definition) is 3. The van der Waals surface area contributed by atoms with Gasteiger partial charge in [-0.25, -0.2) is 15.0 Å². The molecule has 8 nitrogen and oxygen atoms in total. The van der Waals surface area contributed by atoms with Crippen LogP contribution in [-0.2, 0) is 0 Å². The van der Waals surface area contributed by atoms with E-state index in [0.717, 1.165) is 33.5 Å². The van der Waals surface area contributed by atoms with E-state index < -0.39 is 0 Å². The molecule has 9 heteroatoms. The highest BCUT2D eigenvalue weighted by Gasteiger charge is 2.14. The zero-order valence-electron chi connectivity index (χ0n) is 17.1. The molecule has 0 atom stereocenters. The van der Waals surface area contributed by atoms with E-state index in [0.29, 0.717) is 11.3 Å². The largest absolute Gasteiger partial charge is 0.382 e. The SMILES string of the molecule is Cc1nc2ccccn2c1-c1csc(Nc2cccc(C(=O)Nc3cccnc3N)c2)n1. The smallest absolute Gasteiger partial charge is 0.255 e. The van der Waals surface area contributed by atoms with E-state index in [2.05, 4.69) is 20.6 Å². The highest BCUT2D eigenvalue weighted by molar-refractivity contribution is 7.14. The molecule has 0 saturated heterocycles. The van der Waals surface area contributed by atoms with Crippen molar-refractivity contribution in [2.24, 2.45) is 0 Å². The molecule has 5 aromatic rings. The number of aryl methyl sites for hydroxylation is 1. The number of carbonyl (C=O) groups excluding carboxylic acids is 1. The molecule has 1 amide bonds. The van der Waals surface area contributed by atoms with Gasteiger partial charge in [0.25, 0.3) is 5.91 Å². The van der Waals surface area contributed by atoms with Gasteiger partial charge in [0.05, 0.1) is 17.1 Å². The number of thiazole rings is 1. The topological polar surface area (TPSA) is 110 Å². The maximum Gasteiger partial charge on any atom is 0.255 e. The number of nitrogens with one attached hydrogen (secondary N) is 2. The van der Waals surface area contributed by atoms with Crippen molar-refractivity contribution >= 4 is 45.2 Å². The summed E-state index contributed by atoms with van der Waals surface area (Å²) in [6.45, 7) is 1.98. The minimum absolute atomic E-state index is 0.269. The van der Waals surface area contributed by atoms with E-state index in [9.17, 15) is 4.79 Å². The first kappa shape index (κ1) is 19.7. The van der Waals surface area contributed by atoms with E-state index in [1.54, 1.807) is 30.5 Å². The minimum Gasteiger partial charge on any atom is -0.382 e. The van der Waals surface area contributed by atoms with Crippen molar-refractivity contribution in [1.82, 2.24) is 19.4 Å². The number of nitrogen functional groups attached to an aromatic ring is 1. The molecule has 0 spiro atoms. The summed E-state index contributed by atoms with van der Waals surface area (Å²) in [7, 11) is 0. The van der Waals surface area contributed by atoms with Gasteiger partial charge in [0, 0.05) is 29.0 Å². The molecule has 0 saturated carbocycles. The summed E-state index contributed by atoms with van der Waals surface area (Å²) < 4.78 is 2.03. The number of benzene rings is 1. The lowest BCUT2D eigenvalue weighted by molar-refractivity contribution is 0.102. The number of hydrogen-bond acceptors (Lipinski definition) is 7. The van der Waals surface area contributed by atoms with Gasteiger partial charge in [-0.2, -0.15) is 0 Å². The van der Waals surface area contributed by atoms with Crippen molar-refractivity contribution < 1.29 is 4.79 Å². The summed E-state index contributed by atoms with van der Waals surface area (Å²) in [5, 5.41) is 8.79. The van der Waals surface area contributed by atoms with Gasteiger partial charge in [0.2, 0.25) is 0 Å². The van der Waals surface area contributed by atoms with Crippen LogP contribution in [0.4, 0.5) is 22.3 Å². The minimum atomic E-state index is -0.269. The summed E-state index contributed by atoms with van der Waals surface area (Å²) in [5.41, 5.74) is 11.2. The molecule has 0 aliphatic rings. The maximum atomic E-state index is 12.6. The Kier molecular flexibility index (Phi) is 5.00. The molecular formula is C23H19N7OS. The number of rotatable bonds is 5. The fourth-order valence-corrected chi connectivity index (χ4v) is 4.16. The van der Waals surface area contributed by atoms with Gasteiger partial charge in [0.15, 0.2) is 5.13 Å². The number of carbonyl (C=O) groups is 1. The summed E-state index contributed by atoms with van der Waals surface area (Å²) in [6, 6.07) is 16.5. The van der Waals surface area contributed by atoms with E-state index in [1.165, 1.54) is 11.3 Å². The van der Waals surface area contributed by atoms with Crippen LogP contribution in [0.1, 0.15) is 16.1 Å². The fraction of sp³-hybridized carbons (Fsp3) is 0.0435. The Bertz CT molecular complexity index is 1440. The second-order valence-electron chi connectivity index (χ2n) is 7.11. The lowest BCUT2D eigenvalue weighted by Crippen LogP contribution is -2.13. The van der Waals surface area contributed by atoms with Crippen molar-refractivity contribution in [1.29, 1.82) is 0 Å². The number of imidazole rings is 1. The molecule has 0 bridgehead atoms. The monoisotopic (exact) mass is 441 g/mol. The average Bonchev–Trinajstić information content (AvgIpc) is 3.38. The van der Waals surface area contributed by atoms with Crippen LogP contribution < -0.4 is 16.4 Å². The highest BCUT2D eigenvalue weighted by Crippen LogP contribution is 2.30. The predicted octanol–water partition coefficient (Wildman–Crippen LogP) is 4.74. The second kappa shape index (κ2) is 8.12. The number of nitrogens with zero attached hydrogens (tertiary/aromatic N) is 4. The lowest BCUT2D eigenvalue weighted by atomic mass is 10.2. The fourth-order valence-electron chi connectivity index (χ4n) is 3.44. The van der Waals surface area contributed by atoms with Crippen molar-refractivity contribution in [3.05, 3.63) is 83.6 Å². The van der Waals surface area contributed by atoms with Gasteiger partial charge < -0.3 is 16.4 Å². The van der Waals surface area contributed by atoms with Crippen molar-refractivity contribution in [2.45, 2.75) is 6.92 Å². The molecule has 1 aromatic carbocycles. The quantitative estimate of drug-likeness (QED) is 0.363. The molecule has 4 N–H and O–H groups in total. The maximum absolute atomic E-state index is 12.6. The van der Waals surface area contributed by atoms with Gasteiger partial charge in [-0.3, -0.25) is 9.20 Å². The van der Waals surface area contributed by atoms with Crippen molar-refractivity contribution in [3.63, 3.8) is 0 Å². The van der Waals surface area contributed by atoms with Crippen LogP contribution in [0, 0.1) is 6.92 Å². The molecular weight excluding hydrogens is 422 g/mol. The molecule has 32 heavy (non-hydrogen) atoms. The zero-order chi connectivity index (χ0) is 22.1. The third-order valence-electron chi connectivity index (χ3n) is 4.91. The molecule has 0 aliphatic heterocycles. The Morgan fingerprint density at radius 3 is 2.88 bits per heavy atom. The molecule has 0 fully saturated rings. The third-order valence-corrected chi connectivity index (χ3v) is 5.67. The van der Waals surface area contributed by atoms with E-state index in [4.69, 9.17) is 10.7 Å². The third kappa shape index (κ3) is 3.77. The Balaban J connectivity index is 1.37. The Labute approximate surface area is 187 Å². The zero-order valence-corrected chi connectivity index (χ0v) is 17.9. The molecule has 0 aliphatic carbocycles. The molecule has 158 valence electrons. The molecule has 0 radical (unpaired) electrons. The molecule has 0 unspecified atom stereocenters. The lowest BCUT2D eigenvalue weighted by Gasteiger charge is -2.09. The van der Waals surface area contributed by atoms with Crippen LogP contribution in [0.5, 0.6) is 0 Å². The van der Waals surface area contributed by atoms with Gasteiger partial charge >= 0.3 is 0 Å². The molecule has 4 aromatic heterocycles. The summed E-state index contributed by atoms with van der Waals surface area (Å²) in [6.07, 6.45) is 3.56. The van der Waals surface area contributed by atoms with Gasteiger partial charge in [-0.1, -0.05) is 12.1 Å². The van der Waals surface area contributed by atoms with E-state index in [1.807, 2.05) is 53.2 Å².